The summed E-state index contributed by atoms with van der Waals surface area (Å²) in [5, 5.41) is 11.6. The molecule has 2 N–H and O–H groups in total. The molecule has 0 aliphatic heterocycles. The van der Waals surface area contributed by atoms with Gasteiger partial charge >= 0.3 is 5.97 Å². The van der Waals surface area contributed by atoms with Crippen LogP contribution >= 0.6 is 0 Å². The summed E-state index contributed by atoms with van der Waals surface area (Å²) in [6.07, 6.45) is 0.695. The van der Waals surface area contributed by atoms with Gasteiger partial charge in [0, 0.05) is 18.5 Å². The van der Waals surface area contributed by atoms with Crippen LogP contribution in [0.1, 0.15) is 44.0 Å². The van der Waals surface area contributed by atoms with Crippen molar-refractivity contribution in [2.75, 3.05) is 20.3 Å². The van der Waals surface area contributed by atoms with Crippen LogP contribution in [-0.4, -0.2) is 43.0 Å². The number of benzene rings is 1. The zero-order chi connectivity index (χ0) is 19.0. The van der Waals surface area contributed by atoms with Gasteiger partial charge in [-0.1, -0.05) is 0 Å². The smallest absolute Gasteiger partial charge is 0.310 e. The molecule has 7 nitrogen and oxygen atoms in total. The van der Waals surface area contributed by atoms with Gasteiger partial charge in [-0.3, -0.25) is 14.4 Å². The summed E-state index contributed by atoms with van der Waals surface area (Å²) in [5.41, 5.74) is -0.470. The predicted octanol–water partition coefficient (Wildman–Crippen LogP) is 2.28. The molecule has 0 bridgehead atoms. The molecule has 7 heteroatoms. The van der Waals surface area contributed by atoms with E-state index in [0.29, 0.717) is 30.1 Å². The molecule has 0 heterocycles. The van der Waals surface area contributed by atoms with E-state index in [4.69, 9.17) is 14.6 Å². The second-order valence-corrected chi connectivity index (χ2v) is 6.34. The normalized spacial score (nSPS) is 10.9. The SMILES string of the molecule is COc1cc(C(C)=O)ccc1OCCCC(=O)NCC(C)(C)C(=O)O. The standard InChI is InChI=1S/C18H25NO6/c1-12(20)13-7-8-14(15(10-13)24-4)25-9-5-6-16(21)19-11-18(2,3)17(22)23/h7-8,10H,5-6,9,11H2,1-4H3,(H,19,21)(H,22,23). The number of carbonyl (C=O) groups excluding carboxylic acids is 2. The highest BCUT2D eigenvalue weighted by molar-refractivity contribution is 5.94. The van der Waals surface area contributed by atoms with E-state index in [-0.39, 0.29) is 24.7 Å². The molecule has 0 aliphatic rings. The number of carbonyl (C=O) groups is 3. The Balaban J connectivity index is 2.42. The number of rotatable bonds is 10. The van der Waals surface area contributed by atoms with Crippen LogP contribution in [-0.2, 0) is 9.59 Å². The van der Waals surface area contributed by atoms with Gasteiger partial charge in [-0.15, -0.1) is 0 Å². The van der Waals surface area contributed by atoms with E-state index in [9.17, 15) is 14.4 Å². The maximum Gasteiger partial charge on any atom is 0.310 e. The molecule has 0 spiro atoms. The fraction of sp³-hybridized carbons (Fsp3) is 0.500. The first kappa shape index (κ1) is 20.5. The van der Waals surface area contributed by atoms with Crippen molar-refractivity contribution in [3.63, 3.8) is 0 Å². The van der Waals surface area contributed by atoms with Crippen LogP contribution in [0.25, 0.3) is 0 Å². The molecule has 0 aliphatic carbocycles. The fourth-order valence-corrected chi connectivity index (χ4v) is 1.90. The number of amides is 1. The predicted molar refractivity (Wildman–Crippen MR) is 92.2 cm³/mol. The van der Waals surface area contributed by atoms with Gasteiger partial charge in [0.15, 0.2) is 17.3 Å². The van der Waals surface area contributed by atoms with Crippen molar-refractivity contribution in [2.45, 2.75) is 33.6 Å². The second-order valence-electron chi connectivity index (χ2n) is 6.34. The molecule has 1 rings (SSSR count). The highest BCUT2D eigenvalue weighted by Crippen LogP contribution is 2.28. The number of carboxylic acids is 1. The number of Topliss-reactive ketones (excluding diaryl/α,β-unsaturated/α-hetero) is 1. The number of carboxylic acid groups (broad SMARTS) is 1. The summed E-state index contributed by atoms with van der Waals surface area (Å²) in [6, 6.07) is 4.92. The molecule has 0 saturated carbocycles. The van der Waals surface area contributed by atoms with E-state index in [1.807, 2.05) is 0 Å². The van der Waals surface area contributed by atoms with Crippen LogP contribution in [0.4, 0.5) is 0 Å². The first-order valence-corrected chi connectivity index (χ1v) is 7.99. The van der Waals surface area contributed by atoms with Gasteiger partial charge in [0.05, 0.1) is 19.1 Å². The number of ether oxygens (including phenoxy) is 2. The Bertz CT molecular complexity index is 638. The fourth-order valence-electron chi connectivity index (χ4n) is 1.90. The summed E-state index contributed by atoms with van der Waals surface area (Å²) in [5.74, 6) is -0.292. The van der Waals surface area contributed by atoms with E-state index >= 15 is 0 Å². The maximum absolute atomic E-state index is 11.7. The quantitative estimate of drug-likeness (QED) is 0.495. The Labute approximate surface area is 147 Å². The van der Waals surface area contributed by atoms with Crippen molar-refractivity contribution in [1.82, 2.24) is 5.32 Å². The Hall–Kier alpha value is -2.57. The average Bonchev–Trinajstić information content (AvgIpc) is 2.56. The van der Waals surface area contributed by atoms with Crippen LogP contribution in [0.3, 0.4) is 0 Å². The van der Waals surface area contributed by atoms with Crippen molar-refractivity contribution in [3.8, 4) is 11.5 Å². The monoisotopic (exact) mass is 351 g/mol. The van der Waals surface area contributed by atoms with Gasteiger partial charge in [0.1, 0.15) is 0 Å². The van der Waals surface area contributed by atoms with E-state index in [1.165, 1.54) is 14.0 Å². The molecule has 0 radical (unpaired) electrons. The number of aliphatic carboxylic acids is 1. The lowest BCUT2D eigenvalue weighted by Crippen LogP contribution is -2.38. The topological polar surface area (TPSA) is 102 Å². The Morgan fingerprint density at radius 2 is 1.88 bits per heavy atom. The third-order valence-electron chi connectivity index (χ3n) is 3.68. The van der Waals surface area contributed by atoms with Crippen LogP contribution in [0.5, 0.6) is 11.5 Å². The first-order chi connectivity index (χ1) is 11.7. The van der Waals surface area contributed by atoms with E-state index in [2.05, 4.69) is 5.32 Å². The van der Waals surface area contributed by atoms with Gasteiger partial charge in [-0.05, 0) is 45.4 Å². The molecular weight excluding hydrogens is 326 g/mol. The zero-order valence-corrected chi connectivity index (χ0v) is 15.0. The highest BCUT2D eigenvalue weighted by atomic mass is 16.5. The van der Waals surface area contributed by atoms with Crippen molar-refractivity contribution < 1.29 is 29.0 Å². The van der Waals surface area contributed by atoms with Crippen LogP contribution in [0.15, 0.2) is 18.2 Å². The third-order valence-corrected chi connectivity index (χ3v) is 3.68. The molecule has 0 atom stereocenters. The highest BCUT2D eigenvalue weighted by Gasteiger charge is 2.27. The van der Waals surface area contributed by atoms with Crippen LogP contribution in [0.2, 0.25) is 0 Å². The number of hydrogen-bond donors (Lipinski definition) is 2. The molecule has 0 fully saturated rings. The van der Waals surface area contributed by atoms with E-state index in [1.54, 1.807) is 32.0 Å². The summed E-state index contributed by atoms with van der Waals surface area (Å²) in [6.45, 7) is 4.94. The van der Waals surface area contributed by atoms with Gasteiger partial charge in [0.25, 0.3) is 0 Å². The Morgan fingerprint density at radius 1 is 1.20 bits per heavy atom. The number of ketones is 1. The second kappa shape index (κ2) is 9.05. The van der Waals surface area contributed by atoms with Crippen molar-refractivity contribution >= 4 is 17.7 Å². The van der Waals surface area contributed by atoms with Crippen LogP contribution in [0, 0.1) is 5.41 Å². The minimum absolute atomic E-state index is 0.0641. The molecule has 1 aromatic rings. The van der Waals surface area contributed by atoms with Gasteiger partial charge < -0.3 is 19.9 Å². The largest absolute Gasteiger partial charge is 0.493 e. The van der Waals surface area contributed by atoms with Gasteiger partial charge in [-0.2, -0.15) is 0 Å². The lowest BCUT2D eigenvalue weighted by atomic mass is 9.94. The Morgan fingerprint density at radius 3 is 2.44 bits per heavy atom. The number of nitrogens with one attached hydrogen (secondary N) is 1. The van der Waals surface area contributed by atoms with Crippen molar-refractivity contribution in [3.05, 3.63) is 23.8 Å². The molecule has 0 aromatic heterocycles. The van der Waals surface area contributed by atoms with E-state index in [0.717, 1.165) is 0 Å². The summed E-state index contributed by atoms with van der Waals surface area (Å²) in [4.78, 5) is 34.1. The van der Waals surface area contributed by atoms with Crippen molar-refractivity contribution in [2.24, 2.45) is 5.41 Å². The minimum Gasteiger partial charge on any atom is -0.493 e. The van der Waals surface area contributed by atoms with Gasteiger partial charge in [0.2, 0.25) is 5.91 Å². The van der Waals surface area contributed by atoms with Gasteiger partial charge in [-0.25, -0.2) is 0 Å². The number of methoxy groups -OCH3 is 1. The molecule has 1 amide bonds. The molecule has 138 valence electrons. The average molecular weight is 351 g/mol. The molecule has 0 saturated heterocycles. The maximum atomic E-state index is 11.7. The zero-order valence-electron chi connectivity index (χ0n) is 15.0. The van der Waals surface area contributed by atoms with Crippen LogP contribution < -0.4 is 14.8 Å². The minimum atomic E-state index is -1.00. The Kier molecular flexibility index (Phi) is 7.42. The molecule has 1 aromatic carbocycles. The number of hydrogen-bond acceptors (Lipinski definition) is 5. The summed E-state index contributed by atoms with van der Waals surface area (Å²) < 4.78 is 10.8. The lowest BCUT2D eigenvalue weighted by molar-refractivity contribution is -0.146. The van der Waals surface area contributed by atoms with Crippen molar-refractivity contribution in [1.29, 1.82) is 0 Å². The lowest BCUT2D eigenvalue weighted by Gasteiger charge is -2.19. The van der Waals surface area contributed by atoms with E-state index < -0.39 is 11.4 Å². The third kappa shape index (κ3) is 6.45. The summed E-state index contributed by atoms with van der Waals surface area (Å²) in [7, 11) is 1.49. The first-order valence-electron chi connectivity index (χ1n) is 7.99. The summed E-state index contributed by atoms with van der Waals surface area (Å²) >= 11 is 0. The molecule has 25 heavy (non-hydrogen) atoms. The molecule has 0 unspecified atom stereocenters. The molecular formula is C18H25NO6.